The Kier molecular flexibility index (Phi) is 5.53. The van der Waals surface area contributed by atoms with Gasteiger partial charge in [-0.3, -0.25) is 0 Å². The Morgan fingerprint density at radius 3 is 1.90 bits per heavy atom. The highest BCUT2D eigenvalue weighted by atomic mass is 16.5. The molecule has 0 aliphatic rings. The predicted octanol–water partition coefficient (Wildman–Crippen LogP) is 5.61. The Balaban J connectivity index is 1.91. The van der Waals surface area contributed by atoms with Crippen molar-refractivity contribution < 1.29 is 23.7 Å². The first-order valence-corrected chi connectivity index (χ1v) is 9.60. The number of hydrogen-bond acceptors (Lipinski definition) is 5. The van der Waals surface area contributed by atoms with Gasteiger partial charge in [0.15, 0.2) is 23.0 Å². The smallest absolute Gasteiger partial charge is 0.204 e. The van der Waals surface area contributed by atoms with Gasteiger partial charge < -0.3 is 23.7 Å². The fourth-order valence-electron chi connectivity index (χ4n) is 3.70. The maximum Gasteiger partial charge on any atom is 0.204 e. The Bertz CT molecular complexity index is 1180. The van der Waals surface area contributed by atoms with Gasteiger partial charge in [-0.15, -0.1) is 0 Å². The molecule has 4 aromatic rings. The van der Waals surface area contributed by atoms with Crippen LogP contribution in [0.2, 0.25) is 0 Å². The number of methoxy groups -OCH3 is 4. The van der Waals surface area contributed by atoms with Crippen molar-refractivity contribution in [3.63, 3.8) is 0 Å². The molecule has 0 fully saturated rings. The monoisotopic (exact) mass is 404 g/mol. The third-order valence-corrected chi connectivity index (χ3v) is 5.15. The van der Waals surface area contributed by atoms with Crippen LogP contribution in [-0.2, 0) is 6.61 Å². The lowest BCUT2D eigenvalue weighted by Crippen LogP contribution is -2.00. The van der Waals surface area contributed by atoms with Crippen molar-refractivity contribution in [2.24, 2.45) is 0 Å². The summed E-state index contributed by atoms with van der Waals surface area (Å²) in [5.41, 5.74) is 1.08. The maximum atomic E-state index is 6.11. The van der Waals surface area contributed by atoms with Gasteiger partial charge in [0.25, 0.3) is 0 Å². The number of fused-ring (bicyclic) bond motifs is 3. The van der Waals surface area contributed by atoms with E-state index in [0.717, 1.165) is 27.1 Å². The molecule has 30 heavy (non-hydrogen) atoms. The van der Waals surface area contributed by atoms with Crippen molar-refractivity contribution in [2.45, 2.75) is 6.61 Å². The molecule has 0 N–H and O–H groups in total. The molecule has 5 heteroatoms. The number of rotatable bonds is 7. The lowest BCUT2D eigenvalue weighted by molar-refractivity contribution is 0.277. The summed E-state index contributed by atoms with van der Waals surface area (Å²) in [6.45, 7) is 0.435. The highest BCUT2D eigenvalue weighted by molar-refractivity contribution is 6.13. The van der Waals surface area contributed by atoms with E-state index < -0.39 is 0 Å². The first kappa shape index (κ1) is 19.7. The zero-order valence-corrected chi connectivity index (χ0v) is 17.5. The highest BCUT2D eigenvalue weighted by Crippen LogP contribution is 2.47. The maximum absolute atomic E-state index is 6.11. The normalized spacial score (nSPS) is 10.8. The van der Waals surface area contributed by atoms with E-state index in [2.05, 4.69) is 0 Å². The molecule has 0 aliphatic heterocycles. The van der Waals surface area contributed by atoms with Crippen molar-refractivity contribution in [3.05, 3.63) is 66.2 Å². The zero-order chi connectivity index (χ0) is 21.1. The Hall–Kier alpha value is -3.60. The summed E-state index contributed by atoms with van der Waals surface area (Å²) in [7, 11) is 6.51. The van der Waals surface area contributed by atoms with Crippen LogP contribution in [0.25, 0.3) is 21.5 Å². The quantitative estimate of drug-likeness (QED) is 0.375. The van der Waals surface area contributed by atoms with Crippen LogP contribution in [0.4, 0.5) is 0 Å². The molecular formula is C25H24O5. The molecule has 0 spiro atoms. The molecule has 0 saturated carbocycles. The van der Waals surface area contributed by atoms with E-state index in [1.165, 1.54) is 0 Å². The minimum absolute atomic E-state index is 0.435. The van der Waals surface area contributed by atoms with Crippen molar-refractivity contribution >= 4 is 21.5 Å². The number of hydrogen-bond donors (Lipinski definition) is 0. The SMILES string of the molecule is COc1cc2ccc3cc(OCc4ccccc4)c(OC)c(OC)c3c2cc1OC. The van der Waals surface area contributed by atoms with Gasteiger partial charge in [-0.2, -0.15) is 0 Å². The van der Waals surface area contributed by atoms with Gasteiger partial charge in [0.2, 0.25) is 5.75 Å². The van der Waals surface area contributed by atoms with Gasteiger partial charge in [-0.05, 0) is 39.9 Å². The van der Waals surface area contributed by atoms with Gasteiger partial charge in [0.05, 0.1) is 28.4 Å². The summed E-state index contributed by atoms with van der Waals surface area (Å²) >= 11 is 0. The topological polar surface area (TPSA) is 46.2 Å². The van der Waals surface area contributed by atoms with Gasteiger partial charge >= 0.3 is 0 Å². The molecule has 0 heterocycles. The van der Waals surface area contributed by atoms with Crippen LogP contribution >= 0.6 is 0 Å². The van der Waals surface area contributed by atoms with Crippen molar-refractivity contribution in [1.82, 2.24) is 0 Å². The van der Waals surface area contributed by atoms with E-state index in [4.69, 9.17) is 23.7 Å². The minimum atomic E-state index is 0.435. The van der Waals surface area contributed by atoms with Gasteiger partial charge in [-0.25, -0.2) is 0 Å². The van der Waals surface area contributed by atoms with Crippen molar-refractivity contribution in [2.75, 3.05) is 28.4 Å². The molecule has 0 atom stereocenters. The van der Waals surface area contributed by atoms with E-state index in [0.29, 0.717) is 35.4 Å². The van der Waals surface area contributed by atoms with E-state index in [1.807, 2.05) is 60.7 Å². The Morgan fingerprint density at radius 1 is 0.600 bits per heavy atom. The first-order valence-electron chi connectivity index (χ1n) is 9.60. The van der Waals surface area contributed by atoms with Crippen LogP contribution in [0.3, 0.4) is 0 Å². The second kappa shape index (κ2) is 8.41. The first-order chi connectivity index (χ1) is 14.7. The van der Waals surface area contributed by atoms with E-state index in [-0.39, 0.29) is 0 Å². The molecule has 0 aliphatic carbocycles. The summed E-state index contributed by atoms with van der Waals surface area (Å²) in [5, 5.41) is 3.91. The van der Waals surface area contributed by atoms with Crippen molar-refractivity contribution in [1.29, 1.82) is 0 Å². The van der Waals surface area contributed by atoms with E-state index in [9.17, 15) is 0 Å². The van der Waals surface area contributed by atoms with Crippen LogP contribution in [0.5, 0.6) is 28.7 Å². The molecule has 0 aromatic heterocycles. The lowest BCUT2D eigenvalue weighted by Gasteiger charge is -2.18. The van der Waals surface area contributed by atoms with Crippen molar-refractivity contribution in [3.8, 4) is 28.7 Å². The molecule has 5 nitrogen and oxygen atoms in total. The fraction of sp³-hybridized carbons (Fsp3) is 0.200. The summed E-state index contributed by atoms with van der Waals surface area (Å²) in [6.07, 6.45) is 0. The lowest BCUT2D eigenvalue weighted by atomic mass is 9.99. The largest absolute Gasteiger partial charge is 0.493 e. The third-order valence-electron chi connectivity index (χ3n) is 5.15. The molecule has 0 radical (unpaired) electrons. The molecule has 0 saturated heterocycles. The second-order valence-corrected chi connectivity index (χ2v) is 6.81. The second-order valence-electron chi connectivity index (χ2n) is 6.81. The summed E-state index contributed by atoms with van der Waals surface area (Å²) in [5.74, 6) is 3.14. The highest BCUT2D eigenvalue weighted by Gasteiger charge is 2.20. The van der Waals surface area contributed by atoms with Crippen LogP contribution < -0.4 is 23.7 Å². The number of ether oxygens (including phenoxy) is 5. The molecule has 4 aromatic carbocycles. The minimum Gasteiger partial charge on any atom is -0.493 e. The molecule has 154 valence electrons. The molecular weight excluding hydrogens is 380 g/mol. The zero-order valence-electron chi connectivity index (χ0n) is 17.5. The van der Waals surface area contributed by atoms with Crippen LogP contribution in [-0.4, -0.2) is 28.4 Å². The van der Waals surface area contributed by atoms with Gasteiger partial charge in [-0.1, -0.05) is 42.5 Å². The summed E-state index contributed by atoms with van der Waals surface area (Å²) in [6, 6.07) is 20.0. The summed E-state index contributed by atoms with van der Waals surface area (Å²) < 4.78 is 28.6. The molecule has 4 rings (SSSR count). The summed E-state index contributed by atoms with van der Waals surface area (Å²) in [4.78, 5) is 0. The predicted molar refractivity (Wildman–Crippen MR) is 118 cm³/mol. The average molecular weight is 404 g/mol. The van der Waals surface area contributed by atoms with Gasteiger partial charge in [0, 0.05) is 5.39 Å². The third kappa shape index (κ3) is 3.43. The fourth-order valence-corrected chi connectivity index (χ4v) is 3.70. The molecule has 0 amide bonds. The average Bonchev–Trinajstić information content (AvgIpc) is 2.80. The Morgan fingerprint density at radius 2 is 1.23 bits per heavy atom. The van der Waals surface area contributed by atoms with Crippen LogP contribution in [0.1, 0.15) is 5.56 Å². The molecule has 0 bridgehead atoms. The van der Waals surface area contributed by atoms with E-state index in [1.54, 1.807) is 28.4 Å². The van der Waals surface area contributed by atoms with E-state index >= 15 is 0 Å². The number of benzene rings is 4. The Labute approximate surface area is 175 Å². The van der Waals surface area contributed by atoms with Gasteiger partial charge in [0.1, 0.15) is 6.61 Å². The molecule has 0 unspecified atom stereocenters. The standard InChI is InChI=1S/C25H24O5/c1-26-20-12-17-10-11-18-13-22(30-15-16-8-6-5-7-9-16)24(28-3)25(29-4)23(18)19(17)14-21(20)27-2/h5-14H,15H2,1-4H3. The van der Waals surface area contributed by atoms with Crippen LogP contribution in [0, 0.1) is 0 Å². The van der Waals surface area contributed by atoms with Crippen LogP contribution in [0.15, 0.2) is 60.7 Å².